The van der Waals surface area contributed by atoms with Gasteiger partial charge in [-0.25, -0.2) is 0 Å². The van der Waals surface area contributed by atoms with E-state index < -0.39 is 0 Å². The van der Waals surface area contributed by atoms with Gasteiger partial charge in [0, 0.05) is 0 Å². The maximum Gasteiger partial charge on any atom is 0.150 e. The highest BCUT2D eigenvalue weighted by Crippen LogP contribution is 2.60. The van der Waals surface area contributed by atoms with Gasteiger partial charge in [-0.15, -0.1) is 0 Å². The molecule has 0 spiro atoms. The highest BCUT2D eigenvalue weighted by atomic mass is 32.2. The van der Waals surface area contributed by atoms with Crippen molar-refractivity contribution < 1.29 is 9.47 Å². The zero-order valence-electron chi connectivity index (χ0n) is 21.4. The number of nitriles is 2. The van der Waals surface area contributed by atoms with Crippen molar-refractivity contribution in [2.75, 3.05) is 13.2 Å². The smallest absolute Gasteiger partial charge is 0.150 e. The maximum absolute atomic E-state index is 9.42. The second-order valence-corrected chi connectivity index (χ2v) is 11.2. The molecule has 1 aromatic rings. The van der Waals surface area contributed by atoms with Crippen molar-refractivity contribution in [3.8, 4) is 23.6 Å². The average Bonchev–Trinajstić information content (AvgIpc) is 3.27. The van der Waals surface area contributed by atoms with E-state index in [4.69, 9.17) is 9.47 Å². The maximum atomic E-state index is 9.42. The third-order valence-electron chi connectivity index (χ3n) is 6.17. The van der Waals surface area contributed by atoms with E-state index in [1.54, 1.807) is 0 Å². The Bertz CT molecular complexity index is 842. The van der Waals surface area contributed by atoms with Gasteiger partial charge in [0.25, 0.3) is 0 Å². The average molecular weight is 501 g/mol. The predicted octanol–water partition coefficient (Wildman–Crippen LogP) is 9.24. The number of ether oxygens (including phenoxy) is 2. The molecule has 0 amide bonds. The minimum Gasteiger partial charge on any atom is -0.492 e. The molecule has 0 aliphatic carbocycles. The first-order valence-electron chi connectivity index (χ1n) is 12.9. The topological polar surface area (TPSA) is 66.0 Å². The van der Waals surface area contributed by atoms with E-state index in [0.29, 0.717) is 13.2 Å². The summed E-state index contributed by atoms with van der Waals surface area (Å²) < 4.78 is 13.4. The zero-order chi connectivity index (χ0) is 24.8. The van der Waals surface area contributed by atoms with Gasteiger partial charge in [0.2, 0.25) is 0 Å². The van der Waals surface area contributed by atoms with Crippen LogP contribution in [0.15, 0.2) is 19.6 Å². The van der Waals surface area contributed by atoms with Crippen LogP contribution in [0.5, 0.6) is 11.5 Å². The first kappa shape index (κ1) is 28.5. The highest BCUT2D eigenvalue weighted by molar-refractivity contribution is 8.24. The lowest BCUT2D eigenvalue weighted by molar-refractivity contribution is 0.280. The van der Waals surface area contributed by atoms with Gasteiger partial charge < -0.3 is 9.47 Å². The molecular weight excluding hydrogens is 460 g/mol. The summed E-state index contributed by atoms with van der Waals surface area (Å²) in [5.41, 5.74) is 2.34. The summed E-state index contributed by atoms with van der Waals surface area (Å²) in [6.07, 6.45) is 14.6. The lowest BCUT2D eigenvalue weighted by Crippen LogP contribution is -2.05. The van der Waals surface area contributed by atoms with Crippen LogP contribution in [-0.2, 0) is 0 Å². The number of unbranched alkanes of at least 4 members (excludes halogenated alkanes) is 10. The number of hydrogen-bond donors (Lipinski definition) is 0. The highest BCUT2D eigenvalue weighted by Gasteiger charge is 2.31. The van der Waals surface area contributed by atoms with E-state index >= 15 is 0 Å². The van der Waals surface area contributed by atoms with Crippen molar-refractivity contribution in [3.63, 3.8) is 0 Å². The van der Waals surface area contributed by atoms with Crippen LogP contribution in [0.25, 0.3) is 0 Å². The molecule has 0 atom stereocenters. The van der Waals surface area contributed by atoms with Crippen LogP contribution in [0.1, 0.15) is 102 Å². The first-order valence-corrected chi connectivity index (χ1v) is 14.5. The normalized spacial score (nSPS) is 12.2. The summed E-state index contributed by atoms with van der Waals surface area (Å²) >= 11 is 2.95. The Labute approximate surface area is 215 Å². The standard InChI is InChI=1S/C28H40N2O2S2/c1-5-7-9-11-13-15-17-31-24-21(3)22(4)25(32-18-16-14-12-10-8-6-2)27-26(24)33-28(34-27)23(19-29)20-30/h5-18H2,1-4H3. The lowest BCUT2D eigenvalue weighted by atomic mass is 10.1. The van der Waals surface area contributed by atoms with Gasteiger partial charge in [-0.3, -0.25) is 0 Å². The largest absolute Gasteiger partial charge is 0.492 e. The second kappa shape index (κ2) is 16.0. The van der Waals surface area contributed by atoms with Crippen molar-refractivity contribution in [3.05, 3.63) is 20.9 Å². The van der Waals surface area contributed by atoms with Gasteiger partial charge in [-0.2, -0.15) is 10.5 Å². The van der Waals surface area contributed by atoms with Crippen LogP contribution < -0.4 is 9.47 Å². The summed E-state index contributed by atoms with van der Waals surface area (Å²) in [5.74, 6) is 1.77. The summed E-state index contributed by atoms with van der Waals surface area (Å²) in [7, 11) is 0. The summed E-state index contributed by atoms with van der Waals surface area (Å²) in [5, 5.41) is 18.8. The molecule has 1 aromatic carbocycles. The predicted molar refractivity (Wildman–Crippen MR) is 144 cm³/mol. The molecule has 0 N–H and O–H groups in total. The molecule has 0 unspecified atom stereocenters. The van der Waals surface area contributed by atoms with Crippen LogP contribution in [0, 0.1) is 36.5 Å². The fourth-order valence-electron chi connectivity index (χ4n) is 3.96. The molecule has 6 heteroatoms. The molecule has 0 aromatic heterocycles. The molecule has 1 aliphatic rings. The second-order valence-electron chi connectivity index (χ2n) is 8.89. The molecule has 0 fully saturated rings. The quantitative estimate of drug-likeness (QED) is 0.166. The number of benzene rings is 1. The van der Waals surface area contributed by atoms with E-state index in [1.165, 1.54) is 87.7 Å². The van der Waals surface area contributed by atoms with Crippen molar-refractivity contribution in [2.24, 2.45) is 0 Å². The van der Waals surface area contributed by atoms with Crippen molar-refractivity contribution in [2.45, 2.75) is 115 Å². The molecule has 0 saturated heterocycles. The fraction of sp³-hybridized carbons (Fsp3) is 0.643. The Morgan fingerprint density at radius 2 is 1.03 bits per heavy atom. The van der Waals surface area contributed by atoms with Crippen molar-refractivity contribution in [1.82, 2.24) is 0 Å². The number of thioether (sulfide) groups is 2. The van der Waals surface area contributed by atoms with Crippen molar-refractivity contribution >= 4 is 23.5 Å². The molecule has 0 bridgehead atoms. The Hall–Kier alpha value is -1.76. The third-order valence-corrected chi connectivity index (χ3v) is 8.76. The number of nitrogens with zero attached hydrogens (tertiary/aromatic N) is 2. The Morgan fingerprint density at radius 1 is 0.647 bits per heavy atom. The van der Waals surface area contributed by atoms with Crippen molar-refractivity contribution in [1.29, 1.82) is 10.5 Å². The first-order chi connectivity index (χ1) is 16.6. The van der Waals surface area contributed by atoms with Gasteiger partial charge in [0.05, 0.1) is 27.2 Å². The van der Waals surface area contributed by atoms with E-state index in [9.17, 15) is 10.5 Å². The molecule has 34 heavy (non-hydrogen) atoms. The van der Waals surface area contributed by atoms with Crippen LogP contribution in [0.3, 0.4) is 0 Å². The molecule has 1 aliphatic heterocycles. The minimum atomic E-state index is 0.158. The zero-order valence-corrected chi connectivity index (χ0v) is 23.1. The van der Waals surface area contributed by atoms with Crippen LogP contribution >= 0.6 is 23.5 Å². The van der Waals surface area contributed by atoms with Gasteiger partial charge in [-0.1, -0.05) is 102 Å². The SMILES string of the molecule is CCCCCCCCOc1c(C)c(C)c(OCCCCCCCC)c2c1SC(=C(C#N)C#N)S2. The fourth-order valence-corrected chi connectivity index (χ4v) is 6.61. The van der Waals surface area contributed by atoms with Gasteiger partial charge in [0.1, 0.15) is 29.2 Å². The number of hydrogen-bond acceptors (Lipinski definition) is 6. The Balaban J connectivity index is 2.15. The number of fused-ring (bicyclic) bond motifs is 1. The molecule has 2 rings (SSSR count). The van der Waals surface area contributed by atoms with E-state index in [2.05, 4.69) is 27.7 Å². The number of allylic oxidation sites excluding steroid dienone is 1. The minimum absolute atomic E-state index is 0.158. The van der Waals surface area contributed by atoms with Crippen LogP contribution in [0.2, 0.25) is 0 Å². The summed E-state index contributed by atoms with van der Waals surface area (Å²) in [4.78, 5) is 1.99. The Kier molecular flexibility index (Phi) is 13.4. The molecule has 0 saturated carbocycles. The molecule has 4 nitrogen and oxygen atoms in total. The summed E-state index contributed by atoms with van der Waals surface area (Å²) in [6.45, 7) is 10.0. The molecule has 186 valence electrons. The third kappa shape index (κ3) is 8.17. The number of rotatable bonds is 16. The molecule has 1 heterocycles. The summed E-state index contributed by atoms with van der Waals surface area (Å²) in [6, 6.07) is 4.09. The van der Waals surface area contributed by atoms with E-state index in [0.717, 1.165) is 49.5 Å². The molecule has 0 radical (unpaired) electrons. The van der Waals surface area contributed by atoms with E-state index in [-0.39, 0.29) is 5.57 Å². The van der Waals surface area contributed by atoms with E-state index in [1.807, 2.05) is 12.1 Å². The van der Waals surface area contributed by atoms with Gasteiger partial charge in [0.15, 0.2) is 0 Å². The Morgan fingerprint density at radius 3 is 1.41 bits per heavy atom. The van der Waals surface area contributed by atoms with Gasteiger partial charge in [-0.05, 0) is 37.8 Å². The molecular formula is C28H40N2O2S2. The lowest BCUT2D eigenvalue weighted by Gasteiger charge is -2.19. The van der Waals surface area contributed by atoms with Crippen LogP contribution in [0.4, 0.5) is 0 Å². The van der Waals surface area contributed by atoms with Crippen LogP contribution in [-0.4, -0.2) is 13.2 Å². The van der Waals surface area contributed by atoms with Gasteiger partial charge >= 0.3 is 0 Å². The monoisotopic (exact) mass is 500 g/mol.